The van der Waals surface area contributed by atoms with Crippen LogP contribution in [0.3, 0.4) is 0 Å². The van der Waals surface area contributed by atoms with Gasteiger partial charge in [-0.15, -0.1) is 0 Å². The lowest BCUT2D eigenvalue weighted by Crippen LogP contribution is -2.23. The Morgan fingerprint density at radius 1 is 1.05 bits per heavy atom. The summed E-state index contributed by atoms with van der Waals surface area (Å²) in [5.74, 6) is 0. The van der Waals surface area contributed by atoms with Crippen LogP contribution in [-0.2, 0) is 13.1 Å². The molecule has 3 heteroatoms. The fourth-order valence-electron chi connectivity index (χ4n) is 2.60. The highest BCUT2D eigenvalue weighted by Gasteiger charge is 2.21. The summed E-state index contributed by atoms with van der Waals surface area (Å²) in [6.07, 6.45) is -0.493. The van der Waals surface area contributed by atoms with E-state index in [1.54, 1.807) is 0 Å². The molecule has 0 saturated heterocycles. The molecule has 0 spiro atoms. The van der Waals surface area contributed by atoms with Crippen LogP contribution in [0.5, 0.6) is 0 Å². The summed E-state index contributed by atoms with van der Waals surface area (Å²) < 4.78 is 0. The number of aliphatic hydroxyl groups excluding tert-OH is 1. The molecule has 1 atom stereocenters. The van der Waals surface area contributed by atoms with E-state index in [0.29, 0.717) is 11.6 Å². The molecular formula is C16H16ClNO. The van der Waals surface area contributed by atoms with Gasteiger partial charge in [-0.2, -0.15) is 0 Å². The smallest absolute Gasteiger partial charge is 0.0917 e. The van der Waals surface area contributed by atoms with E-state index in [1.165, 1.54) is 11.1 Å². The Morgan fingerprint density at radius 2 is 1.74 bits per heavy atom. The maximum absolute atomic E-state index is 10.3. The predicted molar refractivity (Wildman–Crippen MR) is 77.0 cm³/mol. The fraction of sp³-hybridized carbons (Fsp3) is 0.250. The molecule has 1 aliphatic rings. The molecule has 1 N–H and O–H groups in total. The Balaban J connectivity index is 1.67. The lowest BCUT2D eigenvalue weighted by molar-refractivity contribution is 0.112. The Bertz CT molecular complexity index is 559. The van der Waals surface area contributed by atoms with Crippen molar-refractivity contribution in [2.24, 2.45) is 0 Å². The van der Waals surface area contributed by atoms with Gasteiger partial charge in [0.05, 0.1) is 6.10 Å². The van der Waals surface area contributed by atoms with Gasteiger partial charge in [0.2, 0.25) is 0 Å². The van der Waals surface area contributed by atoms with Crippen molar-refractivity contribution in [3.8, 4) is 0 Å². The van der Waals surface area contributed by atoms with Crippen molar-refractivity contribution in [1.82, 2.24) is 4.90 Å². The molecule has 1 heterocycles. The number of halogens is 1. The van der Waals surface area contributed by atoms with Crippen LogP contribution in [-0.4, -0.2) is 16.6 Å². The monoisotopic (exact) mass is 273 g/mol. The SMILES string of the molecule is OC(CN1Cc2ccccc2C1)c1cccc(Cl)c1. The van der Waals surface area contributed by atoms with Crippen molar-refractivity contribution in [1.29, 1.82) is 0 Å². The lowest BCUT2D eigenvalue weighted by Gasteiger charge is -2.19. The van der Waals surface area contributed by atoms with Crippen LogP contribution < -0.4 is 0 Å². The van der Waals surface area contributed by atoms with Crippen molar-refractivity contribution in [2.45, 2.75) is 19.2 Å². The second kappa shape index (κ2) is 5.33. The minimum atomic E-state index is -0.493. The first-order chi connectivity index (χ1) is 9.22. The number of benzene rings is 2. The van der Waals surface area contributed by atoms with Crippen LogP contribution in [0.2, 0.25) is 5.02 Å². The van der Waals surface area contributed by atoms with Crippen LogP contribution in [0.4, 0.5) is 0 Å². The minimum Gasteiger partial charge on any atom is -0.387 e. The molecule has 2 aromatic rings. The quantitative estimate of drug-likeness (QED) is 0.927. The van der Waals surface area contributed by atoms with Gasteiger partial charge in [0, 0.05) is 24.7 Å². The van der Waals surface area contributed by atoms with Gasteiger partial charge in [-0.25, -0.2) is 0 Å². The minimum absolute atomic E-state index is 0.493. The summed E-state index contributed by atoms with van der Waals surface area (Å²) in [5, 5.41) is 11.0. The normalized spacial score (nSPS) is 16.3. The Hall–Kier alpha value is -1.35. The van der Waals surface area contributed by atoms with E-state index in [1.807, 2.05) is 24.3 Å². The summed E-state index contributed by atoms with van der Waals surface area (Å²) in [4.78, 5) is 2.26. The molecule has 98 valence electrons. The number of aliphatic hydroxyl groups is 1. The number of hydrogen-bond donors (Lipinski definition) is 1. The molecule has 1 unspecified atom stereocenters. The highest BCUT2D eigenvalue weighted by atomic mass is 35.5. The van der Waals surface area contributed by atoms with Gasteiger partial charge in [0.25, 0.3) is 0 Å². The van der Waals surface area contributed by atoms with Crippen molar-refractivity contribution in [3.05, 3.63) is 70.2 Å². The van der Waals surface area contributed by atoms with Crippen molar-refractivity contribution in [2.75, 3.05) is 6.54 Å². The molecule has 2 nitrogen and oxygen atoms in total. The molecule has 0 saturated carbocycles. The third-order valence-corrected chi connectivity index (χ3v) is 3.81. The maximum Gasteiger partial charge on any atom is 0.0917 e. The van der Waals surface area contributed by atoms with Crippen LogP contribution in [0.25, 0.3) is 0 Å². The third kappa shape index (κ3) is 2.81. The molecule has 0 aliphatic carbocycles. The zero-order valence-corrected chi connectivity index (χ0v) is 11.3. The standard InChI is InChI=1S/C16H16ClNO/c17-15-7-3-6-12(8-15)16(19)11-18-9-13-4-1-2-5-14(13)10-18/h1-8,16,19H,9-11H2. The number of β-amino-alcohol motifs (C(OH)–C–C–N with tert-alkyl or cyclic N) is 1. The lowest BCUT2D eigenvalue weighted by atomic mass is 10.1. The fourth-order valence-corrected chi connectivity index (χ4v) is 2.80. The van der Waals surface area contributed by atoms with Gasteiger partial charge in [-0.3, -0.25) is 4.90 Å². The Kier molecular flexibility index (Phi) is 3.56. The van der Waals surface area contributed by atoms with Crippen molar-refractivity contribution < 1.29 is 5.11 Å². The Morgan fingerprint density at radius 3 is 2.37 bits per heavy atom. The topological polar surface area (TPSA) is 23.5 Å². The van der Waals surface area contributed by atoms with Gasteiger partial charge >= 0.3 is 0 Å². The van der Waals surface area contributed by atoms with E-state index in [-0.39, 0.29) is 0 Å². The largest absolute Gasteiger partial charge is 0.387 e. The molecule has 2 aromatic carbocycles. The van der Waals surface area contributed by atoms with E-state index < -0.39 is 6.10 Å². The molecule has 0 radical (unpaired) electrons. The molecule has 0 fully saturated rings. The summed E-state index contributed by atoms with van der Waals surface area (Å²) in [6.45, 7) is 2.45. The third-order valence-electron chi connectivity index (χ3n) is 3.57. The molecule has 0 bridgehead atoms. The van der Waals surface area contributed by atoms with Crippen LogP contribution in [0.1, 0.15) is 22.8 Å². The molecular weight excluding hydrogens is 258 g/mol. The number of rotatable bonds is 3. The van der Waals surface area contributed by atoms with Crippen LogP contribution >= 0.6 is 11.6 Å². The number of fused-ring (bicyclic) bond motifs is 1. The molecule has 19 heavy (non-hydrogen) atoms. The van der Waals surface area contributed by atoms with Gasteiger partial charge in [0.15, 0.2) is 0 Å². The number of hydrogen-bond acceptors (Lipinski definition) is 2. The zero-order valence-electron chi connectivity index (χ0n) is 10.6. The second-order valence-corrected chi connectivity index (χ2v) is 5.45. The van der Waals surface area contributed by atoms with Crippen LogP contribution in [0.15, 0.2) is 48.5 Å². The highest BCUT2D eigenvalue weighted by molar-refractivity contribution is 6.30. The van der Waals surface area contributed by atoms with Gasteiger partial charge in [-0.05, 0) is 28.8 Å². The number of nitrogens with zero attached hydrogens (tertiary/aromatic N) is 1. The zero-order chi connectivity index (χ0) is 13.2. The van der Waals surface area contributed by atoms with E-state index in [4.69, 9.17) is 11.6 Å². The first-order valence-electron chi connectivity index (χ1n) is 6.45. The van der Waals surface area contributed by atoms with Gasteiger partial charge in [0.1, 0.15) is 0 Å². The maximum atomic E-state index is 10.3. The van der Waals surface area contributed by atoms with Gasteiger partial charge in [-0.1, -0.05) is 48.0 Å². The first kappa shape index (κ1) is 12.7. The molecule has 0 amide bonds. The van der Waals surface area contributed by atoms with Crippen LogP contribution in [0, 0.1) is 0 Å². The Labute approximate surface area is 118 Å². The summed E-state index contributed by atoms with van der Waals surface area (Å²) in [7, 11) is 0. The first-order valence-corrected chi connectivity index (χ1v) is 6.83. The van der Waals surface area contributed by atoms with E-state index in [0.717, 1.165) is 18.7 Å². The van der Waals surface area contributed by atoms with Crippen molar-refractivity contribution >= 4 is 11.6 Å². The molecule has 1 aliphatic heterocycles. The summed E-state index contributed by atoms with van der Waals surface area (Å²) >= 11 is 5.95. The van der Waals surface area contributed by atoms with E-state index in [2.05, 4.69) is 29.2 Å². The summed E-state index contributed by atoms with van der Waals surface area (Å²) in [5.41, 5.74) is 3.60. The summed E-state index contributed by atoms with van der Waals surface area (Å²) in [6, 6.07) is 15.9. The average Bonchev–Trinajstić information content (AvgIpc) is 2.80. The molecule has 3 rings (SSSR count). The van der Waals surface area contributed by atoms with Gasteiger partial charge < -0.3 is 5.11 Å². The second-order valence-electron chi connectivity index (χ2n) is 5.01. The molecule has 0 aromatic heterocycles. The average molecular weight is 274 g/mol. The van der Waals surface area contributed by atoms with E-state index in [9.17, 15) is 5.11 Å². The van der Waals surface area contributed by atoms with Crippen molar-refractivity contribution in [3.63, 3.8) is 0 Å². The predicted octanol–water partition coefficient (Wildman–Crippen LogP) is 3.39. The highest BCUT2D eigenvalue weighted by Crippen LogP contribution is 2.25. The van der Waals surface area contributed by atoms with E-state index >= 15 is 0 Å².